The first-order valence-electron chi connectivity index (χ1n) is 8.74. The van der Waals surface area contributed by atoms with Gasteiger partial charge in [-0.1, -0.05) is 18.6 Å². The van der Waals surface area contributed by atoms with E-state index in [1.807, 2.05) is 12.1 Å². The highest BCUT2D eigenvalue weighted by atomic mass is 16.4. The number of unbranched alkanes of at least 4 members (excludes halogenated alkanes) is 1. The molecule has 1 aliphatic rings. The molecular weight excluding hydrogens is 304 g/mol. The molecular formula is C19H24N2O3. The SMILES string of the molecule is NC(=O)CCCCn1c2c(c3cccc(C(=O)O)c31)CCCCC2. The van der Waals surface area contributed by atoms with Crippen molar-refractivity contribution in [3.63, 3.8) is 0 Å². The lowest BCUT2D eigenvalue weighted by Crippen LogP contribution is -2.11. The van der Waals surface area contributed by atoms with E-state index < -0.39 is 5.97 Å². The molecule has 1 amide bonds. The van der Waals surface area contributed by atoms with Crippen molar-refractivity contribution >= 4 is 22.8 Å². The van der Waals surface area contributed by atoms with Gasteiger partial charge in [0.25, 0.3) is 0 Å². The average Bonchev–Trinajstić information content (AvgIpc) is 2.71. The Morgan fingerprint density at radius 1 is 1.12 bits per heavy atom. The minimum Gasteiger partial charge on any atom is -0.478 e. The van der Waals surface area contributed by atoms with Crippen LogP contribution in [0.1, 0.15) is 60.1 Å². The van der Waals surface area contributed by atoms with Gasteiger partial charge in [0.15, 0.2) is 0 Å². The number of hydrogen-bond donors (Lipinski definition) is 2. The molecule has 1 aromatic heterocycles. The van der Waals surface area contributed by atoms with Gasteiger partial charge in [0.1, 0.15) is 0 Å². The summed E-state index contributed by atoms with van der Waals surface area (Å²) in [6.45, 7) is 0.739. The standard InChI is InChI=1S/C19H24N2O3/c20-17(22)11-4-5-12-21-16-10-3-1-2-7-13(16)14-8-6-9-15(18(14)21)19(23)24/h6,8-9H,1-5,7,10-12H2,(H2,20,22)(H,23,24). The lowest BCUT2D eigenvalue weighted by atomic mass is 10.0. The maximum absolute atomic E-state index is 11.7. The van der Waals surface area contributed by atoms with Gasteiger partial charge in [-0.05, 0) is 50.2 Å². The lowest BCUT2D eigenvalue weighted by Gasteiger charge is -2.12. The number of aromatic carboxylic acids is 1. The van der Waals surface area contributed by atoms with Crippen LogP contribution in [0.5, 0.6) is 0 Å². The highest BCUT2D eigenvalue weighted by Gasteiger charge is 2.22. The van der Waals surface area contributed by atoms with E-state index in [4.69, 9.17) is 5.73 Å². The van der Waals surface area contributed by atoms with Crippen LogP contribution >= 0.6 is 0 Å². The van der Waals surface area contributed by atoms with Gasteiger partial charge in [0.2, 0.25) is 5.91 Å². The van der Waals surface area contributed by atoms with Crippen molar-refractivity contribution in [2.24, 2.45) is 5.73 Å². The molecule has 0 atom stereocenters. The second-order valence-electron chi connectivity index (χ2n) is 6.57. The van der Waals surface area contributed by atoms with Gasteiger partial charge in [-0.25, -0.2) is 4.79 Å². The largest absolute Gasteiger partial charge is 0.478 e. The number of carbonyl (C=O) groups excluding carboxylic acids is 1. The number of hydrogen-bond acceptors (Lipinski definition) is 2. The molecule has 3 rings (SSSR count). The van der Waals surface area contributed by atoms with E-state index in [9.17, 15) is 14.7 Å². The lowest BCUT2D eigenvalue weighted by molar-refractivity contribution is -0.118. The Labute approximate surface area is 141 Å². The van der Waals surface area contributed by atoms with Crippen LogP contribution in [0, 0.1) is 0 Å². The number of aryl methyl sites for hydroxylation is 2. The molecule has 2 aromatic rings. The van der Waals surface area contributed by atoms with E-state index in [-0.39, 0.29) is 5.91 Å². The first-order valence-corrected chi connectivity index (χ1v) is 8.74. The summed E-state index contributed by atoms with van der Waals surface area (Å²) in [6, 6.07) is 5.57. The minimum absolute atomic E-state index is 0.280. The van der Waals surface area contributed by atoms with Crippen LogP contribution in [0.2, 0.25) is 0 Å². The van der Waals surface area contributed by atoms with Crippen LogP contribution in [-0.2, 0) is 24.2 Å². The molecule has 0 unspecified atom stereocenters. The van der Waals surface area contributed by atoms with E-state index in [2.05, 4.69) is 4.57 Å². The summed E-state index contributed by atoms with van der Waals surface area (Å²) in [5, 5.41) is 10.7. The monoisotopic (exact) mass is 328 g/mol. The molecule has 24 heavy (non-hydrogen) atoms. The first-order chi connectivity index (χ1) is 11.6. The Morgan fingerprint density at radius 3 is 2.67 bits per heavy atom. The molecule has 1 heterocycles. The van der Waals surface area contributed by atoms with E-state index >= 15 is 0 Å². The summed E-state index contributed by atoms with van der Waals surface area (Å²) in [5.74, 6) is -1.16. The number of carbonyl (C=O) groups is 2. The molecule has 0 saturated heterocycles. The molecule has 1 aliphatic carbocycles. The Balaban J connectivity index is 2.04. The van der Waals surface area contributed by atoms with Crippen molar-refractivity contribution in [1.29, 1.82) is 0 Å². The molecule has 128 valence electrons. The summed E-state index contributed by atoms with van der Waals surface area (Å²) >= 11 is 0. The zero-order valence-electron chi connectivity index (χ0n) is 13.9. The number of carboxylic acid groups (broad SMARTS) is 1. The molecule has 5 heteroatoms. The highest BCUT2D eigenvalue weighted by molar-refractivity contribution is 6.04. The minimum atomic E-state index is -0.883. The van der Waals surface area contributed by atoms with E-state index in [1.54, 1.807) is 6.07 Å². The predicted molar refractivity (Wildman–Crippen MR) is 93.2 cm³/mol. The summed E-state index contributed by atoms with van der Waals surface area (Å²) in [7, 11) is 0. The smallest absolute Gasteiger partial charge is 0.337 e. The van der Waals surface area contributed by atoms with Crippen molar-refractivity contribution in [1.82, 2.24) is 4.57 Å². The number of para-hydroxylation sites is 1. The van der Waals surface area contributed by atoms with Gasteiger partial charge in [-0.3, -0.25) is 4.79 Å². The molecule has 5 nitrogen and oxygen atoms in total. The van der Waals surface area contributed by atoms with Crippen LogP contribution in [0.4, 0.5) is 0 Å². The fourth-order valence-electron chi connectivity index (χ4n) is 3.86. The highest BCUT2D eigenvalue weighted by Crippen LogP contribution is 2.33. The average molecular weight is 328 g/mol. The number of nitrogens with zero attached hydrogens (tertiary/aromatic N) is 1. The maximum atomic E-state index is 11.7. The summed E-state index contributed by atoms with van der Waals surface area (Å²) in [6.07, 6.45) is 7.48. The molecule has 0 spiro atoms. The predicted octanol–water partition coefficient (Wildman–Crippen LogP) is 3.26. The van der Waals surface area contributed by atoms with Gasteiger partial charge in [-0.15, -0.1) is 0 Å². The van der Waals surface area contributed by atoms with Crippen LogP contribution in [0.25, 0.3) is 10.9 Å². The number of fused-ring (bicyclic) bond motifs is 3. The third-order valence-electron chi connectivity index (χ3n) is 4.93. The third-order valence-corrected chi connectivity index (χ3v) is 4.93. The van der Waals surface area contributed by atoms with Crippen molar-refractivity contribution in [2.75, 3.05) is 0 Å². The molecule has 1 aromatic carbocycles. The summed E-state index contributed by atoms with van der Waals surface area (Å²) < 4.78 is 2.19. The topological polar surface area (TPSA) is 85.3 Å². The number of nitrogens with two attached hydrogens (primary N) is 1. The number of aromatic nitrogens is 1. The third kappa shape index (κ3) is 3.16. The Hall–Kier alpha value is -2.30. The van der Waals surface area contributed by atoms with Crippen LogP contribution in [0.3, 0.4) is 0 Å². The fraction of sp³-hybridized carbons (Fsp3) is 0.474. The van der Waals surface area contributed by atoms with Crippen molar-refractivity contribution in [3.05, 3.63) is 35.0 Å². The zero-order valence-corrected chi connectivity index (χ0v) is 13.9. The van der Waals surface area contributed by atoms with Gasteiger partial charge < -0.3 is 15.4 Å². The first kappa shape index (κ1) is 16.6. The van der Waals surface area contributed by atoms with Gasteiger partial charge in [0, 0.05) is 24.0 Å². The van der Waals surface area contributed by atoms with Crippen molar-refractivity contribution in [2.45, 2.75) is 57.9 Å². The number of benzene rings is 1. The molecule has 0 saturated carbocycles. The van der Waals surface area contributed by atoms with Crippen LogP contribution in [-0.4, -0.2) is 21.6 Å². The maximum Gasteiger partial charge on any atom is 0.337 e. The van der Waals surface area contributed by atoms with Crippen molar-refractivity contribution < 1.29 is 14.7 Å². The number of primary amides is 1. The second kappa shape index (κ2) is 7.07. The molecule has 0 radical (unpaired) electrons. The summed E-state index contributed by atoms with van der Waals surface area (Å²) in [4.78, 5) is 22.6. The normalized spacial score (nSPS) is 14.3. The van der Waals surface area contributed by atoms with Crippen LogP contribution < -0.4 is 5.73 Å². The number of carboxylic acids is 1. The van der Waals surface area contributed by atoms with Gasteiger partial charge >= 0.3 is 5.97 Å². The Kier molecular flexibility index (Phi) is 4.88. The van der Waals surface area contributed by atoms with Crippen LogP contribution in [0.15, 0.2) is 18.2 Å². The molecule has 3 N–H and O–H groups in total. The van der Waals surface area contributed by atoms with E-state index in [1.165, 1.54) is 17.7 Å². The Morgan fingerprint density at radius 2 is 1.92 bits per heavy atom. The zero-order chi connectivity index (χ0) is 17.1. The number of amides is 1. The molecule has 0 fully saturated rings. The van der Waals surface area contributed by atoms with Gasteiger partial charge in [0.05, 0.1) is 11.1 Å². The second-order valence-corrected chi connectivity index (χ2v) is 6.57. The van der Waals surface area contributed by atoms with E-state index in [0.717, 1.165) is 56.0 Å². The quantitative estimate of drug-likeness (QED) is 0.630. The molecule has 0 aliphatic heterocycles. The number of rotatable bonds is 6. The van der Waals surface area contributed by atoms with Gasteiger partial charge in [-0.2, -0.15) is 0 Å². The van der Waals surface area contributed by atoms with E-state index in [0.29, 0.717) is 12.0 Å². The molecule has 0 bridgehead atoms. The van der Waals surface area contributed by atoms with Crippen molar-refractivity contribution in [3.8, 4) is 0 Å². The summed E-state index contributed by atoms with van der Waals surface area (Å²) in [5.41, 5.74) is 9.04. The Bertz CT molecular complexity index is 777. The fourth-order valence-corrected chi connectivity index (χ4v) is 3.86.